The zero-order valence-corrected chi connectivity index (χ0v) is 23.4. The van der Waals surface area contributed by atoms with Crippen molar-refractivity contribution in [3.8, 4) is 0 Å². The van der Waals surface area contributed by atoms with Crippen LogP contribution in [0.5, 0.6) is 0 Å². The van der Waals surface area contributed by atoms with Crippen molar-refractivity contribution in [1.29, 1.82) is 0 Å². The summed E-state index contributed by atoms with van der Waals surface area (Å²) in [4.78, 5) is 59.5. The molecule has 0 aromatic heterocycles. The summed E-state index contributed by atoms with van der Waals surface area (Å²) in [5, 5.41) is 8.74. The van der Waals surface area contributed by atoms with Crippen molar-refractivity contribution in [2.75, 3.05) is 30.4 Å². The van der Waals surface area contributed by atoms with Gasteiger partial charge in [0.25, 0.3) is 0 Å². The number of ketones is 1. The van der Waals surface area contributed by atoms with E-state index in [-0.39, 0.29) is 36.5 Å². The Bertz CT molecular complexity index is 681. The number of rotatable bonds is 17. The predicted molar refractivity (Wildman–Crippen MR) is 137 cm³/mol. The molecular formula is C22H38Br2N4O6. The summed E-state index contributed by atoms with van der Waals surface area (Å²) in [6.45, 7) is 5.66. The number of alkyl halides is 2. The Labute approximate surface area is 218 Å². The summed E-state index contributed by atoms with van der Waals surface area (Å²) in [6, 6.07) is -1.38. The molecule has 10 nitrogen and oxygen atoms in total. The second kappa shape index (κ2) is 17.7. The standard InChI is InChI=1S/C22H38Br2N4O6/c1-22(2,3)19(31)16(8-7-10-26-21(25)33)28-18(30)14-27-17(29)9-5-4-6-11-34-20(32)15(12-23)13-24/h15-16H,4-14H2,1-3H3,(H,27,29)(H,28,30)(H3,25,26,33)/t16-/m0/s1. The van der Waals surface area contributed by atoms with E-state index in [1.165, 1.54) is 0 Å². The van der Waals surface area contributed by atoms with E-state index in [2.05, 4.69) is 47.8 Å². The van der Waals surface area contributed by atoms with E-state index in [0.29, 0.717) is 55.9 Å². The average molecular weight is 614 g/mol. The maximum absolute atomic E-state index is 12.7. The number of urea groups is 1. The number of primary amides is 1. The van der Waals surface area contributed by atoms with E-state index in [1.54, 1.807) is 20.8 Å². The van der Waals surface area contributed by atoms with Crippen molar-refractivity contribution in [2.45, 2.75) is 65.3 Å². The highest BCUT2D eigenvalue weighted by atomic mass is 79.9. The molecule has 0 heterocycles. The number of carbonyl (C=O) groups excluding carboxylic acids is 5. The first-order valence-electron chi connectivity index (χ1n) is 11.3. The Morgan fingerprint density at radius 3 is 2.12 bits per heavy atom. The van der Waals surface area contributed by atoms with Gasteiger partial charge in [0.2, 0.25) is 11.8 Å². The van der Waals surface area contributed by atoms with Crippen molar-refractivity contribution in [3.05, 3.63) is 0 Å². The van der Waals surface area contributed by atoms with Crippen LogP contribution in [0, 0.1) is 11.3 Å². The van der Waals surface area contributed by atoms with Crippen LogP contribution >= 0.6 is 31.9 Å². The van der Waals surface area contributed by atoms with Gasteiger partial charge in [0.05, 0.1) is 25.1 Å². The normalized spacial score (nSPS) is 12.1. The summed E-state index contributed by atoms with van der Waals surface area (Å²) in [5.74, 6) is -1.34. The summed E-state index contributed by atoms with van der Waals surface area (Å²) in [6.07, 6.45) is 3.01. The van der Waals surface area contributed by atoms with Crippen LogP contribution in [0.4, 0.5) is 4.79 Å². The Kier molecular flexibility index (Phi) is 16.8. The molecule has 0 saturated heterocycles. The Hall–Kier alpha value is -1.69. The minimum Gasteiger partial charge on any atom is -0.465 e. The molecule has 12 heteroatoms. The van der Waals surface area contributed by atoms with Crippen molar-refractivity contribution in [3.63, 3.8) is 0 Å². The molecule has 0 aliphatic heterocycles. The molecule has 0 rings (SSSR count). The molecule has 0 aliphatic carbocycles. The zero-order chi connectivity index (χ0) is 26.1. The third kappa shape index (κ3) is 15.3. The molecule has 0 aromatic carbocycles. The number of esters is 1. The highest BCUT2D eigenvalue weighted by Gasteiger charge is 2.30. The number of halogens is 2. The maximum Gasteiger partial charge on any atom is 0.312 e. The first-order valence-corrected chi connectivity index (χ1v) is 13.6. The smallest absolute Gasteiger partial charge is 0.312 e. The van der Waals surface area contributed by atoms with Crippen LogP contribution in [-0.2, 0) is 23.9 Å². The third-order valence-electron chi connectivity index (χ3n) is 4.80. The summed E-state index contributed by atoms with van der Waals surface area (Å²) in [5.41, 5.74) is 4.37. The van der Waals surface area contributed by atoms with Gasteiger partial charge in [0.1, 0.15) is 0 Å². The average Bonchev–Trinajstić information content (AvgIpc) is 2.76. The molecule has 0 bridgehead atoms. The number of hydrogen-bond acceptors (Lipinski definition) is 6. The van der Waals surface area contributed by atoms with Crippen LogP contribution in [0.2, 0.25) is 0 Å². The number of amides is 4. The fraction of sp³-hybridized carbons (Fsp3) is 0.773. The molecule has 0 saturated carbocycles. The van der Waals surface area contributed by atoms with Gasteiger partial charge in [0.15, 0.2) is 5.78 Å². The number of hydrogen-bond donors (Lipinski definition) is 4. The lowest BCUT2D eigenvalue weighted by atomic mass is 9.85. The molecule has 1 atom stereocenters. The number of unbranched alkanes of at least 4 members (excludes halogenated alkanes) is 2. The monoisotopic (exact) mass is 612 g/mol. The predicted octanol–water partition coefficient (Wildman–Crippen LogP) is 2.16. The van der Waals surface area contributed by atoms with Gasteiger partial charge < -0.3 is 26.4 Å². The quantitative estimate of drug-likeness (QED) is 0.112. The number of nitrogens with one attached hydrogen (secondary N) is 3. The van der Waals surface area contributed by atoms with Crippen molar-refractivity contribution >= 4 is 61.5 Å². The second-order valence-electron chi connectivity index (χ2n) is 8.93. The maximum atomic E-state index is 12.7. The van der Waals surface area contributed by atoms with Crippen LogP contribution in [0.3, 0.4) is 0 Å². The SMILES string of the molecule is CC(C)(C)C(=O)[C@H](CCCNC(N)=O)NC(=O)CNC(=O)CCCCCOC(=O)C(CBr)CBr. The van der Waals surface area contributed by atoms with Gasteiger partial charge in [-0.05, 0) is 32.1 Å². The van der Waals surface area contributed by atoms with E-state index in [1.807, 2.05) is 0 Å². The lowest BCUT2D eigenvalue weighted by molar-refractivity contribution is -0.147. The summed E-state index contributed by atoms with van der Waals surface area (Å²) < 4.78 is 5.19. The van der Waals surface area contributed by atoms with E-state index in [0.717, 1.165) is 0 Å². The van der Waals surface area contributed by atoms with Crippen LogP contribution in [0.15, 0.2) is 0 Å². The lowest BCUT2D eigenvalue weighted by Crippen LogP contribution is -2.49. The molecule has 0 aromatic rings. The van der Waals surface area contributed by atoms with Crippen LogP contribution in [-0.4, -0.2) is 66.0 Å². The van der Waals surface area contributed by atoms with Gasteiger partial charge in [-0.3, -0.25) is 19.2 Å². The van der Waals surface area contributed by atoms with Crippen LogP contribution < -0.4 is 21.7 Å². The zero-order valence-electron chi connectivity index (χ0n) is 20.2. The summed E-state index contributed by atoms with van der Waals surface area (Å²) >= 11 is 6.52. The minimum absolute atomic E-state index is 0.134. The number of Topliss-reactive ketones (excluding diaryl/α,β-unsaturated/α-hetero) is 1. The largest absolute Gasteiger partial charge is 0.465 e. The van der Waals surface area contributed by atoms with E-state index in [4.69, 9.17) is 10.5 Å². The van der Waals surface area contributed by atoms with Crippen molar-refractivity contribution in [1.82, 2.24) is 16.0 Å². The molecule has 34 heavy (non-hydrogen) atoms. The van der Waals surface area contributed by atoms with E-state index < -0.39 is 23.4 Å². The second-order valence-corrected chi connectivity index (χ2v) is 10.2. The van der Waals surface area contributed by atoms with Crippen LogP contribution in [0.25, 0.3) is 0 Å². The highest BCUT2D eigenvalue weighted by Crippen LogP contribution is 2.19. The fourth-order valence-corrected chi connectivity index (χ4v) is 4.45. The topological polar surface area (TPSA) is 157 Å². The molecule has 4 amide bonds. The minimum atomic E-state index is -0.726. The number of ether oxygens (including phenoxy) is 1. The van der Waals surface area contributed by atoms with Crippen molar-refractivity contribution < 1.29 is 28.7 Å². The van der Waals surface area contributed by atoms with Gasteiger partial charge in [-0.15, -0.1) is 0 Å². The highest BCUT2D eigenvalue weighted by molar-refractivity contribution is 9.09. The fourth-order valence-electron chi connectivity index (χ4n) is 2.84. The molecule has 0 radical (unpaired) electrons. The molecule has 0 fully saturated rings. The molecular weight excluding hydrogens is 576 g/mol. The van der Waals surface area contributed by atoms with E-state index in [9.17, 15) is 24.0 Å². The molecule has 0 unspecified atom stereocenters. The van der Waals surface area contributed by atoms with Crippen LogP contribution in [0.1, 0.15) is 59.3 Å². The van der Waals surface area contributed by atoms with Gasteiger partial charge >= 0.3 is 12.0 Å². The Balaban J connectivity index is 4.27. The van der Waals surface area contributed by atoms with Gasteiger partial charge in [-0.1, -0.05) is 52.6 Å². The molecule has 0 aliphatic rings. The Morgan fingerprint density at radius 1 is 0.912 bits per heavy atom. The number of carbonyl (C=O) groups is 5. The first kappa shape index (κ1) is 32.3. The van der Waals surface area contributed by atoms with Gasteiger partial charge in [0, 0.05) is 29.0 Å². The lowest BCUT2D eigenvalue weighted by Gasteiger charge is -2.25. The number of nitrogens with two attached hydrogens (primary N) is 1. The van der Waals surface area contributed by atoms with Gasteiger partial charge in [-0.25, -0.2) is 4.79 Å². The van der Waals surface area contributed by atoms with E-state index >= 15 is 0 Å². The molecule has 196 valence electrons. The Morgan fingerprint density at radius 2 is 1.56 bits per heavy atom. The molecule has 5 N–H and O–H groups in total. The summed E-state index contributed by atoms with van der Waals surface area (Å²) in [7, 11) is 0. The first-order chi connectivity index (χ1) is 15.9. The molecule has 0 spiro atoms. The van der Waals surface area contributed by atoms with Gasteiger partial charge in [-0.2, -0.15) is 0 Å². The third-order valence-corrected chi connectivity index (χ3v) is 6.37. The van der Waals surface area contributed by atoms with Crippen molar-refractivity contribution in [2.24, 2.45) is 17.1 Å².